The molecule has 2 atom stereocenters. The smallest absolute Gasteiger partial charge is 0.303 e. The van der Waals surface area contributed by atoms with Crippen LogP contribution in [0.5, 0.6) is 0 Å². The predicted molar refractivity (Wildman–Crippen MR) is 60.3 cm³/mol. The molecule has 0 amide bonds. The fourth-order valence-electron chi connectivity index (χ4n) is 2.95. The first kappa shape index (κ1) is 11.9. The number of hydrogen-bond donors (Lipinski definition) is 1. The number of carboxylic acid groups (broad SMARTS) is 1. The third-order valence-corrected chi connectivity index (χ3v) is 3.64. The average Bonchev–Trinajstić information content (AvgIpc) is 2.08. The lowest BCUT2D eigenvalue weighted by atomic mass is 9.89. The van der Waals surface area contributed by atoms with Gasteiger partial charge in [-0.3, -0.25) is 9.69 Å². The highest BCUT2D eigenvalue weighted by molar-refractivity contribution is 5.67. The number of carbonyl (C=O) groups is 1. The van der Waals surface area contributed by atoms with Crippen LogP contribution in [0.1, 0.15) is 33.1 Å². The monoisotopic (exact) mass is 227 g/mol. The van der Waals surface area contributed by atoms with Gasteiger partial charge in [-0.1, -0.05) is 0 Å². The van der Waals surface area contributed by atoms with Gasteiger partial charge in [-0.25, -0.2) is 0 Å². The number of hydrogen-bond acceptors (Lipinski definition) is 3. The molecule has 0 bridgehead atoms. The van der Waals surface area contributed by atoms with Crippen LogP contribution >= 0.6 is 0 Å². The Kier molecular flexibility index (Phi) is 3.50. The lowest BCUT2D eigenvalue weighted by Crippen LogP contribution is -2.55. The molecule has 0 saturated carbocycles. The van der Waals surface area contributed by atoms with Crippen molar-refractivity contribution < 1.29 is 14.6 Å². The van der Waals surface area contributed by atoms with Crippen LogP contribution in [0.3, 0.4) is 0 Å². The third-order valence-electron chi connectivity index (χ3n) is 3.64. The minimum atomic E-state index is -0.668. The summed E-state index contributed by atoms with van der Waals surface area (Å²) < 4.78 is 5.71. The maximum atomic E-state index is 10.6. The largest absolute Gasteiger partial charge is 0.481 e. The molecule has 2 fully saturated rings. The van der Waals surface area contributed by atoms with Crippen LogP contribution in [0.2, 0.25) is 0 Å². The van der Waals surface area contributed by atoms with E-state index in [4.69, 9.17) is 9.84 Å². The molecular formula is C12H21NO3. The van der Waals surface area contributed by atoms with E-state index in [1.54, 1.807) is 0 Å². The van der Waals surface area contributed by atoms with Crippen LogP contribution in [0.4, 0.5) is 0 Å². The Morgan fingerprint density at radius 2 is 1.88 bits per heavy atom. The van der Waals surface area contributed by atoms with Crippen molar-refractivity contribution in [2.24, 2.45) is 5.92 Å². The van der Waals surface area contributed by atoms with Crippen LogP contribution in [0.25, 0.3) is 0 Å². The van der Waals surface area contributed by atoms with Gasteiger partial charge < -0.3 is 9.84 Å². The van der Waals surface area contributed by atoms with Gasteiger partial charge in [0.25, 0.3) is 0 Å². The molecule has 2 rings (SSSR count). The van der Waals surface area contributed by atoms with E-state index < -0.39 is 5.97 Å². The van der Waals surface area contributed by atoms with Crippen molar-refractivity contribution in [2.75, 3.05) is 13.1 Å². The van der Waals surface area contributed by atoms with Gasteiger partial charge >= 0.3 is 5.97 Å². The number of nitrogens with zero attached hydrogens (tertiary/aromatic N) is 1. The van der Waals surface area contributed by atoms with E-state index in [9.17, 15) is 4.79 Å². The summed E-state index contributed by atoms with van der Waals surface area (Å²) in [6, 6.07) is 0.601. The number of rotatable bonds is 3. The lowest BCUT2D eigenvalue weighted by molar-refractivity contribution is -0.141. The van der Waals surface area contributed by atoms with E-state index in [1.165, 1.54) is 0 Å². The SMILES string of the molecule is CC1CC(N2CC(CC(=O)O)C2)CC(C)O1. The van der Waals surface area contributed by atoms with E-state index in [-0.39, 0.29) is 0 Å². The van der Waals surface area contributed by atoms with E-state index in [0.717, 1.165) is 25.9 Å². The first-order chi connectivity index (χ1) is 7.54. The maximum absolute atomic E-state index is 10.6. The standard InChI is InChI=1S/C12H21NO3/c1-8-3-11(4-9(2)16-8)13-6-10(7-13)5-12(14)15/h8-11H,3-7H2,1-2H3,(H,14,15). The summed E-state index contributed by atoms with van der Waals surface area (Å²) in [5.74, 6) is -0.302. The van der Waals surface area contributed by atoms with Gasteiger partial charge in [-0.05, 0) is 32.6 Å². The van der Waals surface area contributed by atoms with Crippen molar-refractivity contribution >= 4 is 5.97 Å². The number of carboxylic acids is 1. The van der Waals surface area contributed by atoms with Crippen LogP contribution in [0, 0.1) is 5.92 Å². The Hall–Kier alpha value is -0.610. The molecule has 2 unspecified atom stereocenters. The molecular weight excluding hydrogens is 206 g/mol. The van der Waals surface area contributed by atoms with Crippen molar-refractivity contribution in [2.45, 2.75) is 51.4 Å². The molecule has 16 heavy (non-hydrogen) atoms. The summed E-state index contributed by atoms with van der Waals surface area (Å²) in [5.41, 5.74) is 0. The van der Waals surface area contributed by atoms with Gasteiger partial charge in [0.15, 0.2) is 0 Å². The zero-order chi connectivity index (χ0) is 11.7. The summed E-state index contributed by atoms with van der Waals surface area (Å²) in [6.07, 6.45) is 3.18. The molecule has 4 nitrogen and oxygen atoms in total. The van der Waals surface area contributed by atoms with Crippen LogP contribution in [-0.2, 0) is 9.53 Å². The minimum absolute atomic E-state index is 0.324. The molecule has 0 aromatic heterocycles. The first-order valence-electron chi connectivity index (χ1n) is 6.16. The molecule has 1 N–H and O–H groups in total. The lowest BCUT2D eigenvalue weighted by Gasteiger charge is -2.47. The zero-order valence-corrected chi connectivity index (χ0v) is 10.1. The van der Waals surface area contributed by atoms with Crippen LogP contribution in [0.15, 0.2) is 0 Å². The topological polar surface area (TPSA) is 49.8 Å². The highest BCUT2D eigenvalue weighted by atomic mass is 16.5. The van der Waals surface area contributed by atoms with E-state index in [0.29, 0.717) is 30.6 Å². The zero-order valence-electron chi connectivity index (χ0n) is 10.1. The van der Waals surface area contributed by atoms with E-state index in [1.807, 2.05) is 0 Å². The summed E-state index contributed by atoms with van der Waals surface area (Å²) in [4.78, 5) is 13.0. The fourth-order valence-corrected chi connectivity index (χ4v) is 2.95. The normalized spacial score (nSPS) is 37.0. The number of aliphatic carboxylic acids is 1. The molecule has 92 valence electrons. The Balaban J connectivity index is 1.76. The van der Waals surface area contributed by atoms with Gasteiger partial charge in [-0.2, -0.15) is 0 Å². The predicted octanol–water partition coefficient (Wildman–Crippen LogP) is 1.35. The maximum Gasteiger partial charge on any atom is 0.303 e. The first-order valence-corrected chi connectivity index (χ1v) is 6.16. The second-order valence-electron chi connectivity index (χ2n) is 5.30. The summed E-state index contributed by atoms with van der Waals surface area (Å²) >= 11 is 0. The van der Waals surface area contributed by atoms with Gasteiger partial charge in [0.05, 0.1) is 18.6 Å². The van der Waals surface area contributed by atoms with Gasteiger partial charge in [-0.15, -0.1) is 0 Å². The quantitative estimate of drug-likeness (QED) is 0.790. The van der Waals surface area contributed by atoms with Crippen molar-refractivity contribution in [1.29, 1.82) is 0 Å². The third kappa shape index (κ3) is 2.74. The fraction of sp³-hybridized carbons (Fsp3) is 0.917. The van der Waals surface area contributed by atoms with E-state index in [2.05, 4.69) is 18.7 Å². The van der Waals surface area contributed by atoms with Crippen LogP contribution < -0.4 is 0 Å². The number of ether oxygens (including phenoxy) is 1. The van der Waals surface area contributed by atoms with Crippen molar-refractivity contribution in [3.05, 3.63) is 0 Å². The second kappa shape index (κ2) is 4.72. The molecule has 2 aliphatic rings. The summed E-state index contributed by atoms with van der Waals surface area (Å²) in [5, 5.41) is 8.69. The Labute approximate surface area is 96.6 Å². The summed E-state index contributed by atoms with van der Waals surface area (Å²) in [7, 11) is 0. The average molecular weight is 227 g/mol. The molecule has 0 aromatic rings. The Morgan fingerprint density at radius 3 is 2.38 bits per heavy atom. The molecule has 0 radical (unpaired) electrons. The molecule has 0 aliphatic carbocycles. The molecule has 2 aliphatic heterocycles. The highest BCUT2D eigenvalue weighted by Gasteiger charge is 2.36. The second-order valence-corrected chi connectivity index (χ2v) is 5.30. The van der Waals surface area contributed by atoms with Crippen molar-refractivity contribution in [3.63, 3.8) is 0 Å². The van der Waals surface area contributed by atoms with Gasteiger partial charge in [0.2, 0.25) is 0 Å². The Morgan fingerprint density at radius 1 is 1.31 bits per heavy atom. The molecule has 0 spiro atoms. The molecule has 0 aromatic carbocycles. The van der Waals surface area contributed by atoms with E-state index >= 15 is 0 Å². The van der Waals surface area contributed by atoms with Crippen molar-refractivity contribution in [3.8, 4) is 0 Å². The molecule has 4 heteroatoms. The van der Waals surface area contributed by atoms with Gasteiger partial charge in [0.1, 0.15) is 0 Å². The highest BCUT2D eigenvalue weighted by Crippen LogP contribution is 2.30. The van der Waals surface area contributed by atoms with Gasteiger partial charge in [0, 0.05) is 19.1 Å². The Bertz CT molecular complexity index is 253. The van der Waals surface area contributed by atoms with Crippen molar-refractivity contribution in [1.82, 2.24) is 4.90 Å². The van der Waals surface area contributed by atoms with Crippen LogP contribution in [-0.4, -0.2) is 47.3 Å². The molecule has 2 heterocycles. The molecule has 2 saturated heterocycles. The number of likely N-dealkylation sites (tertiary alicyclic amines) is 1. The summed E-state index contributed by atoms with van der Waals surface area (Å²) in [6.45, 7) is 6.15. The minimum Gasteiger partial charge on any atom is -0.481 e.